The van der Waals surface area contributed by atoms with E-state index in [0.29, 0.717) is 29.8 Å². The SMILES string of the molecule is CCCS(=O)(=O)c1ccccc1NC(C)CCCC(=O)O. The summed E-state index contributed by atoms with van der Waals surface area (Å²) in [5.74, 6) is -0.688. The van der Waals surface area contributed by atoms with Gasteiger partial charge in [-0.2, -0.15) is 0 Å². The predicted octanol–water partition coefficient (Wildman–Crippen LogP) is 2.93. The zero-order valence-corrected chi connectivity index (χ0v) is 13.3. The lowest BCUT2D eigenvalue weighted by Gasteiger charge is -2.17. The minimum absolute atomic E-state index is 0.0160. The van der Waals surface area contributed by atoms with Crippen LogP contribution >= 0.6 is 0 Å². The van der Waals surface area contributed by atoms with Gasteiger partial charge in [-0.1, -0.05) is 19.1 Å². The number of rotatable bonds is 9. The van der Waals surface area contributed by atoms with Crippen LogP contribution in [0.2, 0.25) is 0 Å². The molecule has 0 saturated carbocycles. The first-order chi connectivity index (χ1) is 9.86. The zero-order valence-electron chi connectivity index (χ0n) is 12.5. The normalized spacial score (nSPS) is 12.9. The van der Waals surface area contributed by atoms with Gasteiger partial charge in [-0.05, 0) is 38.3 Å². The van der Waals surface area contributed by atoms with Crippen molar-refractivity contribution in [3.8, 4) is 0 Å². The van der Waals surface area contributed by atoms with Gasteiger partial charge in [0.2, 0.25) is 0 Å². The van der Waals surface area contributed by atoms with Crippen LogP contribution in [0.3, 0.4) is 0 Å². The molecule has 0 amide bonds. The number of nitrogens with one attached hydrogen (secondary N) is 1. The number of anilines is 1. The van der Waals surface area contributed by atoms with Gasteiger partial charge in [-0.25, -0.2) is 8.42 Å². The van der Waals surface area contributed by atoms with Crippen molar-refractivity contribution in [3.63, 3.8) is 0 Å². The third kappa shape index (κ3) is 5.75. The summed E-state index contributed by atoms with van der Waals surface area (Å²) in [6.07, 6.45) is 1.94. The van der Waals surface area contributed by atoms with Crippen LogP contribution in [-0.2, 0) is 14.6 Å². The Kier molecular flexibility index (Phi) is 6.68. The quantitative estimate of drug-likeness (QED) is 0.732. The number of carboxylic acid groups (broad SMARTS) is 1. The maximum absolute atomic E-state index is 12.2. The molecule has 1 unspecified atom stereocenters. The number of hydrogen-bond donors (Lipinski definition) is 2. The van der Waals surface area contributed by atoms with Crippen LogP contribution in [0.25, 0.3) is 0 Å². The number of benzene rings is 1. The van der Waals surface area contributed by atoms with E-state index in [1.165, 1.54) is 0 Å². The predicted molar refractivity (Wildman–Crippen MR) is 83.4 cm³/mol. The first-order valence-corrected chi connectivity index (χ1v) is 8.82. The molecule has 0 bridgehead atoms. The fourth-order valence-corrected chi connectivity index (χ4v) is 3.64. The molecule has 1 rings (SSSR count). The molecule has 0 radical (unpaired) electrons. The van der Waals surface area contributed by atoms with Crippen LogP contribution in [0, 0.1) is 0 Å². The van der Waals surface area contributed by atoms with Gasteiger partial charge in [-0.3, -0.25) is 4.79 Å². The molecular weight excluding hydrogens is 290 g/mol. The first kappa shape index (κ1) is 17.5. The van der Waals surface area contributed by atoms with Gasteiger partial charge in [0.1, 0.15) is 0 Å². The number of aliphatic carboxylic acids is 1. The molecule has 0 aliphatic heterocycles. The smallest absolute Gasteiger partial charge is 0.303 e. The standard InChI is InChI=1S/C15H23NO4S/c1-3-11-21(19,20)14-9-5-4-8-13(14)16-12(2)7-6-10-15(17)18/h4-5,8-9,12,16H,3,6-7,10-11H2,1-2H3,(H,17,18). The van der Waals surface area contributed by atoms with Crippen LogP contribution in [0.1, 0.15) is 39.5 Å². The van der Waals surface area contributed by atoms with Crippen molar-refractivity contribution in [2.24, 2.45) is 0 Å². The average molecular weight is 313 g/mol. The van der Waals surface area contributed by atoms with Crippen LogP contribution in [0.4, 0.5) is 5.69 Å². The van der Waals surface area contributed by atoms with Crippen molar-refractivity contribution >= 4 is 21.5 Å². The third-order valence-corrected chi connectivity index (χ3v) is 5.10. The maximum Gasteiger partial charge on any atom is 0.303 e. The number of carbonyl (C=O) groups is 1. The summed E-state index contributed by atoms with van der Waals surface area (Å²) in [5.41, 5.74) is 0.591. The Morgan fingerprint density at radius 3 is 2.62 bits per heavy atom. The summed E-state index contributed by atoms with van der Waals surface area (Å²) in [4.78, 5) is 10.8. The van der Waals surface area contributed by atoms with Crippen molar-refractivity contribution in [3.05, 3.63) is 24.3 Å². The summed E-state index contributed by atoms with van der Waals surface area (Å²) in [5, 5.41) is 11.8. The lowest BCUT2D eigenvalue weighted by atomic mass is 10.1. The number of carboxylic acids is 1. The maximum atomic E-state index is 12.2. The Morgan fingerprint density at radius 1 is 1.33 bits per heavy atom. The first-order valence-electron chi connectivity index (χ1n) is 7.17. The van der Waals surface area contributed by atoms with Crippen molar-refractivity contribution in [2.45, 2.75) is 50.5 Å². The van der Waals surface area contributed by atoms with Gasteiger partial charge in [0.05, 0.1) is 16.3 Å². The van der Waals surface area contributed by atoms with E-state index in [0.717, 1.165) is 0 Å². The molecular formula is C15H23NO4S. The van der Waals surface area contributed by atoms with E-state index in [-0.39, 0.29) is 18.2 Å². The highest BCUT2D eigenvalue weighted by molar-refractivity contribution is 7.91. The molecule has 0 fully saturated rings. The Labute approximate surface area is 126 Å². The molecule has 1 aromatic rings. The summed E-state index contributed by atoms with van der Waals surface area (Å²) >= 11 is 0. The number of hydrogen-bond acceptors (Lipinski definition) is 4. The minimum Gasteiger partial charge on any atom is -0.481 e. The Bertz CT molecular complexity index is 569. The van der Waals surface area contributed by atoms with E-state index in [1.54, 1.807) is 24.3 Å². The highest BCUT2D eigenvalue weighted by atomic mass is 32.2. The second kappa shape index (κ2) is 8.02. The van der Waals surface area contributed by atoms with Crippen molar-refractivity contribution < 1.29 is 18.3 Å². The molecule has 2 N–H and O–H groups in total. The Morgan fingerprint density at radius 2 is 2.00 bits per heavy atom. The summed E-state index contributed by atoms with van der Waals surface area (Å²) < 4.78 is 24.4. The van der Waals surface area contributed by atoms with Crippen LogP contribution in [0.5, 0.6) is 0 Å². The van der Waals surface area contributed by atoms with Crippen molar-refractivity contribution in [1.29, 1.82) is 0 Å². The highest BCUT2D eigenvalue weighted by Gasteiger charge is 2.18. The third-order valence-electron chi connectivity index (χ3n) is 3.12. The average Bonchev–Trinajstić information content (AvgIpc) is 2.38. The van der Waals surface area contributed by atoms with E-state index < -0.39 is 15.8 Å². The summed E-state index contributed by atoms with van der Waals surface area (Å²) in [6.45, 7) is 3.76. The molecule has 0 saturated heterocycles. The molecule has 6 heteroatoms. The molecule has 118 valence electrons. The fraction of sp³-hybridized carbons (Fsp3) is 0.533. The largest absolute Gasteiger partial charge is 0.481 e. The van der Waals surface area contributed by atoms with E-state index in [4.69, 9.17) is 5.11 Å². The molecule has 0 spiro atoms. The molecule has 0 heterocycles. The van der Waals surface area contributed by atoms with Gasteiger partial charge in [-0.15, -0.1) is 0 Å². The fourth-order valence-electron chi connectivity index (χ4n) is 2.13. The molecule has 21 heavy (non-hydrogen) atoms. The van der Waals surface area contributed by atoms with Gasteiger partial charge in [0.15, 0.2) is 9.84 Å². The Balaban J connectivity index is 2.77. The van der Waals surface area contributed by atoms with Crippen molar-refractivity contribution in [2.75, 3.05) is 11.1 Å². The van der Waals surface area contributed by atoms with Gasteiger partial charge in [0.25, 0.3) is 0 Å². The molecule has 1 atom stereocenters. The lowest BCUT2D eigenvalue weighted by Crippen LogP contribution is -2.18. The highest BCUT2D eigenvalue weighted by Crippen LogP contribution is 2.24. The number of para-hydroxylation sites is 1. The second-order valence-corrected chi connectivity index (χ2v) is 7.22. The lowest BCUT2D eigenvalue weighted by molar-refractivity contribution is -0.137. The van der Waals surface area contributed by atoms with Gasteiger partial charge in [0, 0.05) is 12.5 Å². The molecule has 1 aromatic carbocycles. The monoisotopic (exact) mass is 313 g/mol. The molecule has 0 aliphatic rings. The topological polar surface area (TPSA) is 83.5 Å². The second-order valence-electron chi connectivity index (χ2n) is 5.15. The van der Waals surface area contributed by atoms with Crippen LogP contribution in [-0.4, -0.2) is 31.3 Å². The van der Waals surface area contributed by atoms with Gasteiger partial charge >= 0.3 is 5.97 Å². The van der Waals surface area contributed by atoms with Crippen LogP contribution in [0.15, 0.2) is 29.2 Å². The molecule has 5 nitrogen and oxygen atoms in total. The van der Waals surface area contributed by atoms with E-state index in [1.807, 2.05) is 13.8 Å². The molecule has 0 aromatic heterocycles. The van der Waals surface area contributed by atoms with E-state index in [2.05, 4.69) is 5.32 Å². The minimum atomic E-state index is -3.28. The zero-order chi connectivity index (χ0) is 15.9. The van der Waals surface area contributed by atoms with E-state index >= 15 is 0 Å². The van der Waals surface area contributed by atoms with E-state index in [9.17, 15) is 13.2 Å². The summed E-state index contributed by atoms with van der Waals surface area (Å²) in [6, 6.07) is 6.87. The van der Waals surface area contributed by atoms with Crippen LogP contribution < -0.4 is 5.32 Å². The van der Waals surface area contributed by atoms with Gasteiger partial charge < -0.3 is 10.4 Å². The number of sulfone groups is 1. The summed E-state index contributed by atoms with van der Waals surface area (Å²) in [7, 11) is -3.28. The Hall–Kier alpha value is -1.56. The van der Waals surface area contributed by atoms with Crippen molar-refractivity contribution in [1.82, 2.24) is 0 Å². The molecule has 0 aliphatic carbocycles.